The van der Waals surface area contributed by atoms with Gasteiger partial charge >= 0.3 is 5.92 Å². The summed E-state index contributed by atoms with van der Waals surface area (Å²) in [5.74, 6) is -1.04. The van der Waals surface area contributed by atoms with E-state index in [1.807, 2.05) is 0 Å². The van der Waals surface area contributed by atoms with Crippen molar-refractivity contribution in [1.82, 2.24) is 0 Å². The molecular formula is C17H30F2OSi. The van der Waals surface area contributed by atoms with Crippen LogP contribution in [0.3, 0.4) is 0 Å². The van der Waals surface area contributed by atoms with Crippen LogP contribution >= 0.6 is 0 Å². The fourth-order valence-corrected chi connectivity index (χ4v) is 9.25. The van der Waals surface area contributed by atoms with Gasteiger partial charge in [-0.15, -0.1) is 5.54 Å². The first-order valence-electron chi connectivity index (χ1n) is 8.14. The molecule has 1 saturated carbocycles. The number of halogens is 2. The van der Waals surface area contributed by atoms with Crippen LogP contribution in [0.2, 0.25) is 16.6 Å². The molecule has 0 aromatic carbocycles. The van der Waals surface area contributed by atoms with Crippen molar-refractivity contribution in [2.45, 2.75) is 95.4 Å². The van der Waals surface area contributed by atoms with E-state index in [0.29, 0.717) is 29.5 Å². The molecule has 1 N–H and O–H groups in total. The summed E-state index contributed by atoms with van der Waals surface area (Å²) in [6.45, 7) is 12.6. The molecule has 0 heterocycles. The van der Waals surface area contributed by atoms with E-state index in [2.05, 4.69) is 53.0 Å². The molecule has 1 fully saturated rings. The Labute approximate surface area is 129 Å². The number of aliphatic hydroxyl groups is 1. The molecule has 1 nitrogen and oxygen atoms in total. The van der Waals surface area contributed by atoms with Gasteiger partial charge in [-0.2, -0.15) is 8.78 Å². The van der Waals surface area contributed by atoms with Crippen molar-refractivity contribution in [3.8, 4) is 11.5 Å². The van der Waals surface area contributed by atoms with Crippen molar-refractivity contribution < 1.29 is 13.9 Å². The Bertz CT molecular complexity index is 390. The van der Waals surface area contributed by atoms with E-state index in [1.54, 1.807) is 0 Å². The minimum absolute atomic E-state index is 0.161. The predicted octanol–water partition coefficient (Wildman–Crippen LogP) is 5.15. The van der Waals surface area contributed by atoms with Crippen molar-refractivity contribution in [2.24, 2.45) is 0 Å². The molecule has 0 atom stereocenters. The van der Waals surface area contributed by atoms with Crippen LogP contribution in [-0.2, 0) is 0 Å². The second-order valence-electron chi connectivity index (χ2n) is 7.46. The molecule has 0 radical (unpaired) electrons. The molecule has 0 spiro atoms. The van der Waals surface area contributed by atoms with Gasteiger partial charge in [-0.05, 0) is 35.4 Å². The smallest absolute Gasteiger partial charge is 0.335 e. The Morgan fingerprint density at radius 2 is 1.33 bits per heavy atom. The molecule has 0 saturated heterocycles. The summed E-state index contributed by atoms with van der Waals surface area (Å²) in [4.78, 5) is 0. The van der Waals surface area contributed by atoms with E-state index in [1.165, 1.54) is 0 Å². The van der Waals surface area contributed by atoms with Gasteiger partial charge in [0, 0.05) is 0 Å². The maximum atomic E-state index is 14.4. The summed E-state index contributed by atoms with van der Waals surface area (Å²) in [5.41, 5.74) is 2.10. The van der Waals surface area contributed by atoms with Gasteiger partial charge in [-0.1, -0.05) is 54.4 Å². The van der Waals surface area contributed by atoms with Crippen molar-refractivity contribution in [1.29, 1.82) is 0 Å². The van der Waals surface area contributed by atoms with Crippen LogP contribution in [0.15, 0.2) is 0 Å². The zero-order valence-electron chi connectivity index (χ0n) is 14.3. The van der Waals surface area contributed by atoms with Crippen LogP contribution in [0.5, 0.6) is 0 Å². The Morgan fingerprint density at radius 3 is 1.67 bits per heavy atom. The summed E-state index contributed by atoms with van der Waals surface area (Å²) in [5, 5.41) is 10.2. The van der Waals surface area contributed by atoms with E-state index in [4.69, 9.17) is 0 Å². The lowest BCUT2D eigenvalue weighted by Crippen LogP contribution is -2.47. The lowest BCUT2D eigenvalue weighted by molar-refractivity contribution is -0.138. The minimum Gasteiger partial charge on any atom is -0.382 e. The van der Waals surface area contributed by atoms with Gasteiger partial charge in [-0.25, -0.2) is 0 Å². The van der Waals surface area contributed by atoms with Crippen molar-refractivity contribution in [2.75, 3.05) is 0 Å². The highest BCUT2D eigenvalue weighted by Crippen LogP contribution is 2.44. The average Bonchev–Trinajstić information content (AvgIpc) is 2.77. The zero-order chi connectivity index (χ0) is 16.5. The molecule has 1 aliphatic rings. The second kappa shape index (κ2) is 6.38. The van der Waals surface area contributed by atoms with Crippen LogP contribution in [0.25, 0.3) is 0 Å². The van der Waals surface area contributed by atoms with Crippen LogP contribution in [0, 0.1) is 11.5 Å². The molecule has 0 bridgehead atoms. The normalized spacial score (nSPS) is 19.2. The quantitative estimate of drug-likeness (QED) is 0.562. The van der Waals surface area contributed by atoms with Crippen LogP contribution < -0.4 is 0 Å². The standard InChI is InChI=1S/C17H30F2OSi/c1-13(2)21(14(3)4,15(5)6)12-11-17(18,19)16(20)9-7-8-10-16/h13-15,20H,7-10H2,1-6H3. The Morgan fingerprint density at radius 1 is 0.952 bits per heavy atom. The Hall–Kier alpha value is -0.403. The van der Waals surface area contributed by atoms with Gasteiger partial charge in [0.25, 0.3) is 0 Å². The minimum atomic E-state index is -3.29. The first-order valence-corrected chi connectivity index (χ1v) is 10.4. The molecule has 0 aromatic rings. The van der Waals surface area contributed by atoms with Gasteiger partial charge < -0.3 is 5.11 Å². The molecule has 4 heteroatoms. The molecule has 122 valence electrons. The van der Waals surface area contributed by atoms with Gasteiger partial charge in [0.2, 0.25) is 0 Å². The Kier molecular flexibility index (Phi) is 5.66. The van der Waals surface area contributed by atoms with E-state index < -0.39 is 19.6 Å². The fraction of sp³-hybridized carbons (Fsp3) is 0.882. The summed E-state index contributed by atoms with van der Waals surface area (Å²) in [7, 11) is -2.17. The van der Waals surface area contributed by atoms with Crippen LogP contribution in [0.1, 0.15) is 67.2 Å². The first kappa shape index (κ1) is 18.6. The SMILES string of the molecule is CC(C)[Si](C#CC(F)(F)C1(O)CCCC1)(C(C)C)C(C)C. The molecule has 0 aliphatic heterocycles. The lowest BCUT2D eigenvalue weighted by atomic mass is 9.94. The van der Waals surface area contributed by atoms with Gasteiger partial charge in [0.15, 0.2) is 0 Å². The summed E-state index contributed by atoms with van der Waals surface area (Å²) in [6, 6.07) is 0. The highest BCUT2D eigenvalue weighted by atomic mass is 28.3. The van der Waals surface area contributed by atoms with E-state index in [0.717, 1.165) is 0 Å². The number of rotatable bonds is 4. The number of alkyl halides is 2. The lowest BCUT2D eigenvalue weighted by Gasteiger charge is -2.38. The predicted molar refractivity (Wildman–Crippen MR) is 87.2 cm³/mol. The summed E-state index contributed by atoms with van der Waals surface area (Å²) < 4.78 is 28.9. The third-order valence-electron chi connectivity index (χ3n) is 5.32. The fourth-order valence-electron chi connectivity index (χ4n) is 4.01. The van der Waals surface area contributed by atoms with Crippen molar-refractivity contribution in [3.05, 3.63) is 0 Å². The molecule has 0 amide bonds. The highest BCUT2D eigenvalue weighted by Gasteiger charge is 2.53. The topological polar surface area (TPSA) is 20.2 Å². The van der Waals surface area contributed by atoms with E-state index in [9.17, 15) is 13.9 Å². The van der Waals surface area contributed by atoms with Crippen LogP contribution in [-0.4, -0.2) is 24.7 Å². The second-order valence-corrected chi connectivity index (χ2v) is 13.0. The Balaban J connectivity index is 3.21. The van der Waals surface area contributed by atoms with E-state index in [-0.39, 0.29) is 12.8 Å². The summed E-state index contributed by atoms with van der Waals surface area (Å²) in [6.07, 6.45) is 1.65. The van der Waals surface area contributed by atoms with Crippen molar-refractivity contribution >= 4 is 8.07 Å². The van der Waals surface area contributed by atoms with Gasteiger partial charge in [0.05, 0.1) is 0 Å². The molecule has 1 rings (SSSR count). The van der Waals surface area contributed by atoms with Crippen molar-refractivity contribution in [3.63, 3.8) is 0 Å². The van der Waals surface area contributed by atoms with Crippen LogP contribution in [0.4, 0.5) is 8.78 Å². The maximum absolute atomic E-state index is 14.4. The third kappa shape index (κ3) is 3.34. The molecule has 21 heavy (non-hydrogen) atoms. The molecule has 0 aromatic heterocycles. The molecule has 0 unspecified atom stereocenters. The largest absolute Gasteiger partial charge is 0.382 e. The van der Waals surface area contributed by atoms with Gasteiger partial charge in [0.1, 0.15) is 13.7 Å². The molecular weight excluding hydrogens is 286 g/mol. The highest BCUT2D eigenvalue weighted by molar-refractivity contribution is 6.90. The zero-order valence-corrected chi connectivity index (χ0v) is 15.3. The first-order chi connectivity index (χ1) is 9.49. The number of hydrogen-bond acceptors (Lipinski definition) is 1. The van der Waals surface area contributed by atoms with Gasteiger partial charge in [-0.3, -0.25) is 0 Å². The average molecular weight is 317 g/mol. The maximum Gasteiger partial charge on any atom is 0.335 e. The molecule has 1 aliphatic carbocycles. The third-order valence-corrected chi connectivity index (χ3v) is 11.6. The number of hydrogen-bond donors (Lipinski definition) is 1. The van der Waals surface area contributed by atoms with E-state index >= 15 is 0 Å². The monoisotopic (exact) mass is 316 g/mol. The summed E-state index contributed by atoms with van der Waals surface area (Å²) >= 11 is 0.